The van der Waals surface area contributed by atoms with Gasteiger partial charge in [0.1, 0.15) is 6.04 Å². The Morgan fingerprint density at radius 1 is 1.30 bits per heavy atom. The van der Waals surface area contributed by atoms with Gasteiger partial charge in [-0.25, -0.2) is 13.4 Å². The normalized spacial score (nSPS) is 22.8. The lowest BCUT2D eigenvalue weighted by Gasteiger charge is -2.39. The first-order valence-corrected chi connectivity index (χ1v) is 12.4. The summed E-state index contributed by atoms with van der Waals surface area (Å²) < 4.78 is 44.8. The van der Waals surface area contributed by atoms with Crippen LogP contribution in [0.2, 0.25) is 0 Å². The van der Waals surface area contributed by atoms with Crippen molar-refractivity contribution in [1.29, 1.82) is 0 Å². The average Bonchev–Trinajstić information content (AvgIpc) is 3.51. The van der Waals surface area contributed by atoms with Gasteiger partial charge in [0.15, 0.2) is 10.3 Å². The number of carbonyl (C=O) groups is 2. The van der Waals surface area contributed by atoms with Gasteiger partial charge < -0.3 is 15.0 Å². The molecule has 2 aliphatic heterocycles. The summed E-state index contributed by atoms with van der Waals surface area (Å²) in [7, 11) is -3.45. The minimum absolute atomic E-state index is 0.136. The molecule has 1 atom stereocenters. The van der Waals surface area contributed by atoms with E-state index in [2.05, 4.69) is 10.3 Å². The smallest absolute Gasteiger partial charge is 0.248 e. The Morgan fingerprint density at radius 2 is 2.03 bits per heavy atom. The molecular formula is C18H25FN4O5S2. The number of piperazine rings is 1. The van der Waals surface area contributed by atoms with Gasteiger partial charge in [-0.05, 0) is 38.0 Å². The third-order valence-corrected chi connectivity index (χ3v) is 8.86. The fourth-order valence-corrected chi connectivity index (χ4v) is 6.29. The Morgan fingerprint density at radius 3 is 2.63 bits per heavy atom. The van der Waals surface area contributed by atoms with Crippen molar-refractivity contribution in [2.45, 2.75) is 43.4 Å². The molecule has 1 aliphatic carbocycles. The maximum Gasteiger partial charge on any atom is 0.248 e. The Hall–Kier alpha value is -1.63. The van der Waals surface area contributed by atoms with Gasteiger partial charge in [-0.3, -0.25) is 9.59 Å². The van der Waals surface area contributed by atoms with Gasteiger partial charge in [0.05, 0.1) is 18.0 Å². The molecule has 4 rings (SSSR count). The second-order valence-corrected chi connectivity index (χ2v) is 11.1. The van der Waals surface area contributed by atoms with Crippen LogP contribution >= 0.6 is 11.3 Å². The molecule has 30 heavy (non-hydrogen) atoms. The number of ether oxygens (including phenoxy) is 1. The van der Waals surface area contributed by atoms with E-state index in [-0.39, 0.29) is 41.8 Å². The second-order valence-electron chi connectivity index (χ2n) is 7.93. The molecule has 0 unspecified atom stereocenters. The Bertz CT molecular complexity index is 898. The summed E-state index contributed by atoms with van der Waals surface area (Å²) in [6.45, 7) is 1.30. The van der Waals surface area contributed by atoms with Crippen molar-refractivity contribution in [1.82, 2.24) is 14.2 Å². The molecule has 1 N–H and O–H groups in total. The van der Waals surface area contributed by atoms with E-state index >= 15 is 0 Å². The summed E-state index contributed by atoms with van der Waals surface area (Å²) in [5, 5.41) is 1.86. The molecule has 2 amide bonds. The maximum absolute atomic E-state index is 13.3. The number of hydrogen-bond acceptors (Lipinski definition) is 7. The van der Waals surface area contributed by atoms with Crippen molar-refractivity contribution in [3.05, 3.63) is 11.3 Å². The van der Waals surface area contributed by atoms with Crippen LogP contribution in [0.3, 0.4) is 0 Å². The van der Waals surface area contributed by atoms with Crippen molar-refractivity contribution in [3.8, 4) is 0 Å². The first-order valence-electron chi connectivity index (χ1n) is 10.1. The van der Waals surface area contributed by atoms with Gasteiger partial charge >= 0.3 is 0 Å². The number of anilines is 1. The number of aromatic nitrogens is 1. The van der Waals surface area contributed by atoms with Gasteiger partial charge in [-0.1, -0.05) is 11.3 Å². The van der Waals surface area contributed by atoms with Crippen LogP contribution < -0.4 is 5.32 Å². The summed E-state index contributed by atoms with van der Waals surface area (Å²) in [6.07, 6.45) is 4.33. The van der Waals surface area contributed by atoms with E-state index in [0.717, 1.165) is 30.4 Å². The summed E-state index contributed by atoms with van der Waals surface area (Å²) in [6, 6.07) is -0.765. The molecule has 0 radical (unpaired) electrons. The first-order chi connectivity index (χ1) is 14.3. The number of nitrogens with zero attached hydrogens (tertiary/aromatic N) is 3. The molecule has 2 saturated heterocycles. The van der Waals surface area contributed by atoms with E-state index in [1.54, 1.807) is 0 Å². The summed E-state index contributed by atoms with van der Waals surface area (Å²) in [5.74, 6) is -0.603. The summed E-state index contributed by atoms with van der Waals surface area (Å²) in [5.41, 5.74) is 0. The summed E-state index contributed by atoms with van der Waals surface area (Å²) in [4.78, 5) is 31.2. The lowest BCUT2D eigenvalue weighted by molar-refractivity contribution is -0.142. The molecule has 1 aromatic rings. The fraction of sp³-hybridized carbons (Fsp3) is 0.722. The topological polar surface area (TPSA) is 109 Å². The SMILES string of the molecule is O=C(Nc1ncc(F)s1)[C@@H](CC1CCOCC1)N1CCN(S(=O)(=O)C2CC2)CC1=O. The predicted octanol–water partition coefficient (Wildman–Crippen LogP) is 1.04. The van der Waals surface area contributed by atoms with E-state index in [9.17, 15) is 22.4 Å². The lowest BCUT2D eigenvalue weighted by atomic mass is 9.91. The number of hydrogen-bond donors (Lipinski definition) is 1. The van der Waals surface area contributed by atoms with Gasteiger partial charge in [-0.2, -0.15) is 8.70 Å². The molecule has 0 spiro atoms. The molecule has 3 fully saturated rings. The highest BCUT2D eigenvalue weighted by Gasteiger charge is 2.44. The number of rotatable bonds is 7. The number of carbonyl (C=O) groups excluding carboxylic acids is 2. The maximum atomic E-state index is 13.3. The zero-order chi connectivity index (χ0) is 21.3. The molecule has 3 aliphatic rings. The van der Waals surface area contributed by atoms with E-state index in [0.29, 0.717) is 32.5 Å². The molecule has 166 valence electrons. The van der Waals surface area contributed by atoms with Crippen molar-refractivity contribution in [3.63, 3.8) is 0 Å². The van der Waals surface area contributed by atoms with Crippen molar-refractivity contribution in [2.24, 2.45) is 5.92 Å². The third kappa shape index (κ3) is 4.82. The van der Waals surface area contributed by atoms with Crippen LogP contribution in [0.15, 0.2) is 6.20 Å². The highest BCUT2D eigenvalue weighted by atomic mass is 32.2. The predicted molar refractivity (Wildman–Crippen MR) is 108 cm³/mol. The summed E-state index contributed by atoms with van der Waals surface area (Å²) >= 11 is 0.720. The average molecular weight is 461 g/mol. The van der Waals surface area contributed by atoms with Crippen LogP contribution in [0.25, 0.3) is 0 Å². The zero-order valence-electron chi connectivity index (χ0n) is 16.5. The minimum Gasteiger partial charge on any atom is -0.381 e. The van der Waals surface area contributed by atoms with Crippen LogP contribution in [-0.4, -0.2) is 78.6 Å². The Balaban J connectivity index is 1.48. The van der Waals surface area contributed by atoms with E-state index < -0.39 is 27.1 Å². The van der Waals surface area contributed by atoms with Gasteiger partial charge in [0, 0.05) is 26.3 Å². The molecule has 0 aromatic carbocycles. The highest BCUT2D eigenvalue weighted by molar-refractivity contribution is 7.90. The monoisotopic (exact) mass is 460 g/mol. The van der Waals surface area contributed by atoms with Crippen LogP contribution in [-0.2, 0) is 24.3 Å². The van der Waals surface area contributed by atoms with Gasteiger partial charge in [0.2, 0.25) is 21.8 Å². The van der Waals surface area contributed by atoms with Crippen LogP contribution in [0, 0.1) is 11.0 Å². The molecule has 9 nitrogen and oxygen atoms in total. The van der Waals surface area contributed by atoms with Crippen molar-refractivity contribution < 1.29 is 27.1 Å². The standard InChI is InChI=1S/C18H25FN4O5S2/c19-15-10-20-18(29-15)21-17(25)14(9-12-3-7-28-8-4-12)23-6-5-22(11-16(23)24)30(26,27)13-1-2-13/h10,12-14H,1-9,11H2,(H,20,21,25)/t14-/m1/s1. The quantitative estimate of drug-likeness (QED) is 0.651. The number of sulfonamides is 1. The fourth-order valence-electron chi connectivity index (χ4n) is 3.96. The first kappa shape index (κ1) is 21.6. The van der Waals surface area contributed by atoms with Crippen LogP contribution in [0.5, 0.6) is 0 Å². The molecule has 1 aromatic heterocycles. The van der Waals surface area contributed by atoms with Crippen LogP contribution in [0.4, 0.5) is 9.52 Å². The zero-order valence-corrected chi connectivity index (χ0v) is 18.1. The number of halogens is 1. The van der Waals surface area contributed by atoms with Crippen molar-refractivity contribution in [2.75, 3.05) is 38.2 Å². The van der Waals surface area contributed by atoms with Crippen LogP contribution in [0.1, 0.15) is 32.1 Å². The molecular weight excluding hydrogens is 435 g/mol. The molecule has 0 bridgehead atoms. The molecule has 12 heteroatoms. The second kappa shape index (κ2) is 8.85. The number of amides is 2. The largest absolute Gasteiger partial charge is 0.381 e. The van der Waals surface area contributed by atoms with Gasteiger partial charge in [0.25, 0.3) is 0 Å². The minimum atomic E-state index is -3.45. The van der Waals surface area contributed by atoms with E-state index in [1.165, 1.54) is 9.21 Å². The molecule has 1 saturated carbocycles. The van der Waals surface area contributed by atoms with E-state index in [1.807, 2.05) is 0 Å². The lowest BCUT2D eigenvalue weighted by Crippen LogP contribution is -2.58. The van der Waals surface area contributed by atoms with Crippen molar-refractivity contribution >= 4 is 38.3 Å². The third-order valence-electron chi connectivity index (χ3n) is 5.81. The molecule has 3 heterocycles. The number of thiazole rings is 1. The Kier molecular flexibility index (Phi) is 6.37. The Labute approximate surface area is 178 Å². The highest BCUT2D eigenvalue weighted by Crippen LogP contribution is 2.32. The van der Waals surface area contributed by atoms with E-state index in [4.69, 9.17) is 4.74 Å². The number of nitrogens with one attached hydrogen (secondary N) is 1. The van der Waals surface area contributed by atoms with Gasteiger partial charge in [-0.15, -0.1) is 0 Å².